The number of aliphatic hydroxyl groups excluding tert-OH is 1. The third-order valence-corrected chi connectivity index (χ3v) is 14.2. The van der Waals surface area contributed by atoms with Crippen molar-refractivity contribution in [3.63, 3.8) is 0 Å². The second-order valence-electron chi connectivity index (χ2n) is 14.4. The highest BCUT2D eigenvalue weighted by Gasteiger charge is 2.50. The van der Waals surface area contributed by atoms with Gasteiger partial charge in [0, 0.05) is 17.4 Å². The van der Waals surface area contributed by atoms with Crippen LogP contribution in [0.25, 0.3) is 0 Å². The molecule has 0 bridgehead atoms. The standard InChI is InChI=1S/C35H56O4Si/c1-11-13-14-15-19-34(6,7)26-23-30(37-21-12-2)32-28-25-27(36)17-18-29(28)35(8,39-31(32)24-26)20-16-22-38-40(9,10)33(3,4)5/h12,23-24,27-29,36H,2,11,13-15,17-19,21-22,25H2,1,3-10H3/t27-,28-,29-,35+/m0/s1. The zero-order chi connectivity index (χ0) is 29.8. The van der Waals surface area contributed by atoms with Crippen molar-refractivity contribution >= 4 is 8.32 Å². The van der Waals surface area contributed by atoms with Crippen LogP contribution < -0.4 is 9.47 Å². The molecule has 0 spiro atoms. The minimum absolute atomic E-state index is 0.0135. The lowest BCUT2D eigenvalue weighted by molar-refractivity contribution is -0.00810. The summed E-state index contributed by atoms with van der Waals surface area (Å²) in [5.74, 6) is 8.91. The van der Waals surface area contributed by atoms with Crippen molar-refractivity contribution in [2.75, 3.05) is 13.2 Å². The average Bonchev–Trinajstić information content (AvgIpc) is 2.86. The first-order chi connectivity index (χ1) is 18.6. The van der Waals surface area contributed by atoms with E-state index in [2.05, 4.69) is 92.1 Å². The summed E-state index contributed by atoms with van der Waals surface area (Å²) < 4.78 is 19.6. The lowest BCUT2D eigenvalue weighted by Gasteiger charge is -2.48. The fourth-order valence-electron chi connectivity index (χ4n) is 6.04. The van der Waals surface area contributed by atoms with E-state index in [1.54, 1.807) is 6.08 Å². The van der Waals surface area contributed by atoms with E-state index in [-0.39, 0.29) is 28.4 Å². The molecule has 1 aromatic carbocycles. The van der Waals surface area contributed by atoms with Gasteiger partial charge < -0.3 is 19.0 Å². The molecule has 0 unspecified atom stereocenters. The van der Waals surface area contributed by atoms with Gasteiger partial charge in [-0.15, -0.1) is 0 Å². The lowest BCUT2D eigenvalue weighted by atomic mass is 9.65. The number of aliphatic hydroxyl groups is 1. The Hall–Kier alpha value is -1.74. The third kappa shape index (κ3) is 7.55. The van der Waals surface area contributed by atoms with Gasteiger partial charge in [0.2, 0.25) is 0 Å². The number of hydrogen-bond donors (Lipinski definition) is 1. The van der Waals surface area contributed by atoms with Crippen LogP contribution in [0.3, 0.4) is 0 Å². The molecule has 0 amide bonds. The van der Waals surface area contributed by atoms with Gasteiger partial charge in [-0.3, -0.25) is 0 Å². The Balaban J connectivity index is 2.01. The van der Waals surface area contributed by atoms with Crippen LogP contribution in [0.15, 0.2) is 24.8 Å². The molecule has 1 heterocycles. The Labute approximate surface area is 246 Å². The zero-order valence-electron chi connectivity index (χ0n) is 26.9. The maximum atomic E-state index is 10.8. The van der Waals surface area contributed by atoms with Crippen molar-refractivity contribution in [3.8, 4) is 23.3 Å². The SMILES string of the molecule is C=CCOc1cc(C(C)(C)CCCCCC)cc2c1[C@H]1C[C@@H](O)CC[C@@H]1[C@@](C)(C#CCO[Si](C)(C)C(C)(C)C)O2. The van der Waals surface area contributed by atoms with E-state index in [0.29, 0.717) is 19.6 Å². The van der Waals surface area contributed by atoms with Gasteiger partial charge in [0.05, 0.1) is 12.7 Å². The quantitative estimate of drug-likeness (QED) is 0.125. The summed E-state index contributed by atoms with van der Waals surface area (Å²) in [4.78, 5) is 0. The van der Waals surface area contributed by atoms with Crippen LogP contribution in [0.5, 0.6) is 11.5 Å². The maximum absolute atomic E-state index is 10.8. The molecule has 0 saturated heterocycles. The third-order valence-electron chi connectivity index (χ3n) is 9.77. The summed E-state index contributed by atoms with van der Waals surface area (Å²) in [5, 5.41) is 10.9. The molecule has 0 radical (unpaired) electrons. The Morgan fingerprint density at radius 1 is 1.15 bits per heavy atom. The number of ether oxygens (including phenoxy) is 2. The van der Waals surface area contributed by atoms with Crippen molar-refractivity contribution in [2.45, 2.75) is 141 Å². The average molecular weight is 569 g/mol. The molecule has 4 nitrogen and oxygen atoms in total. The molecule has 40 heavy (non-hydrogen) atoms. The molecular weight excluding hydrogens is 512 g/mol. The molecule has 1 saturated carbocycles. The van der Waals surface area contributed by atoms with Crippen molar-refractivity contribution in [2.24, 2.45) is 5.92 Å². The molecule has 1 aliphatic carbocycles. The number of fused-ring (bicyclic) bond motifs is 3. The van der Waals surface area contributed by atoms with Crippen LogP contribution in [0.1, 0.15) is 117 Å². The van der Waals surface area contributed by atoms with Crippen molar-refractivity contribution in [1.29, 1.82) is 0 Å². The topological polar surface area (TPSA) is 47.9 Å². The second-order valence-corrected chi connectivity index (χ2v) is 19.2. The highest BCUT2D eigenvalue weighted by atomic mass is 28.4. The molecule has 5 heteroatoms. The van der Waals surface area contributed by atoms with Gasteiger partial charge in [0.1, 0.15) is 18.1 Å². The highest BCUT2D eigenvalue weighted by Crippen LogP contribution is 2.55. The molecule has 1 aromatic rings. The Morgan fingerprint density at radius 2 is 1.88 bits per heavy atom. The number of rotatable bonds is 11. The molecule has 1 N–H and O–H groups in total. The summed E-state index contributed by atoms with van der Waals surface area (Å²) >= 11 is 0. The first-order valence-electron chi connectivity index (χ1n) is 15.6. The van der Waals surface area contributed by atoms with E-state index in [0.717, 1.165) is 36.3 Å². The van der Waals surface area contributed by atoms with Crippen molar-refractivity contribution in [1.82, 2.24) is 0 Å². The monoisotopic (exact) mass is 568 g/mol. The Morgan fingerprint density at radius 3 is 2.52 bits per heavy atom. The van der Waals surface area contributed by atoms with E-state index < -0.39 is 13.9 Å². The molecule has 4 atom stereocenters. The Kier molecular flexibility index (Phi) is 10.7. The van der Waals surface area contributed by atoms with Crippen LogP contribution in [-0.4, -0.2) is 38.3 Å². The molecular formula is C35H56O4Si. The zero-order valence-corrected chi connectivity index (χ0v) is 27.9. The predicted octanol–water partition coefficient (Wildman–Crippen LogP) is 8.92. The van der Waals surface area contributed by atoms with E-state index >= 15 is 0 Å². The minimum Gasteiger partial charge on any atom is -0.489 e. The summed E-state index contributed by atoms with van der Waals surface area (Å²) in [7, 11) is -1.88. The summed E-state index contributed by atoms with van der Waals surface area (Å²) in [6, 6.07) is 4.46. The molecule has 224 valence electrons. The van der Waals surface area contributed by atoms with Gasteiger partial charge >= 0.3 is 0 Å². The van der Waals surface area contributed by atoms with E-state index in [1.807, 2.05) is 0 Å². The first kappa shape index (κ1) is 32.8. The molecule has 2 aliphatic rings. The van der Waals surface area contributed by atoms with Gasteiger partial charge in [-0.25, -0.2) is 0 Å². The minimum atomic E-state index is -1.88. The number of hydrogen-bond acceptors (Lipinski definition) is 4. The summed E-state index contributed by atoms with van der Waals surface area (Å²) in [5.41, 5.74) is 1.65. The van der Waals surface area contributed by atoms with Crippen LogP contribution >= 0.6 is 0 Å². The van der Waals surface area contributed by atoms with Gasteiger partial charge in [-0.1, -0.05) is 91.7 Å². The van der Waals surface area contributed by atoms with Crippen LogP contribution in [0.2, 0.25) is 18.1 Å². The molecule has 1 aliphatic heterocycles. The highest BCUT2D eigenvalue weighted by molar-refractivity contribution is 6.74. The van der Waals surface area contributed by atoms with Crippen molar-refractivity contribution in [3.05, 3.63) is 35.9 Å². The fraction of sp³-hybridized carbons (Fsp3) is 0.714. The van der Waals surface area contributed by atoms with Gasteiger partial charge in [-0.05, 0) is 73.9 Å². The van der Waals surface area contributed by atoms with Gasteiger partial charge in [0.25, 0.3) is 0 Å². The van der Waals surface area contributed by atoms with E-state index in [4.69, 9.17) is 13.9 Å². The normalized spacial score (nSPS) is 24.7. The largest absolute Gasteiger partial charge is 0.489 e. The number of unbranched alkanes of at least 4 members (excludes halogenated alkanes) is 3. The van der Waals surface area contributed by atoms with Crippen LogP contribution in [-0.2, 0) is 9.84 Å². The first-order valence-corrected chi connectivity index (χ1v) is 18.5. The van der Waals surface area contributed by atoms with Crippen LogP contribution in [0, 0.1) is 17.8 Å². The number of benzene rings is 1. The smallest absolute Gasteiger partial charge is 0.193 e. The summed E-state index contributed by atoms with van der Waals surface area (Å²) in [6.07, 6.45) is 9.89. The fourth-order valence-corrected chi connectivity index (χ4v) is 6.91. The molecule has 0 aromatic heterocycles. The lowest BCUT2D eigenvalue weighted by Crippen LogP contribution is -2.49. The van der Waals surface area contributed by atoms with Crippen molar-refractivity contribution < 1.29 is 19.0 Å². The van der Waals surface area contributed by atoms with Crippen LogP contribution in [0.4, 0.5) is 0 Å². The molecule has 1 fully saturated rings. The second kappa shape index (κ2) is 13.1. The van der Waals surface area contributed by atoms with Gasteiger partial charge in [0.15, 0.2) is 13.9 Å². The van der Waals surface area contributed by atoms with E-state index in [9.17, 15) is 5.11 Å². The predicted molar refractivity (Wildman–Crippen MR) is 170 cm³/mol. The van der Waals surface area contributed by atoms with Gasteiger partial charge in [-0.2, -0.15) is 0 Å². The summed E-state index contributed by atoms with van der Waals surface area (Å²) in [6.45, 7) is 25.1. The Bertz CT molecular complexity index is 1070. The maximum Gasteiger partial charge on any atom is 0.193 e. The van der Waals surface area contributed by atoms with E-state index in [1.165, 1.54) is 31.2 Å². The molecule has 3 rings (SSSR count).